The first kappa shape index (κ1) is 15.8. The van der Waals surface area contributed by atoms with Gasteiger partial charge in [0.25, 0.3) is 0 Å². The molecule has 0 heterocycles. The van der Waals surface area contributed by atoms with Crippen LogP contribution in [-0.4, -0.2) is 29.0 Å². The van der Waals surface area contributed by atoms with Crippen LogP contribution in [-0.2, 0) is 4.79 Å². The van der Waals surface area contributed by atoms with Crippen molar-refractivity contribution >= 4 is 17.7 Å². The molecule has 1 saturated carbocycles. The lowest BCUT2D eigenvalue weighted by atomic mass is 9.95. The highest BCUT2D eigenvalue weighted by atomic mass is 32.2. The number of hydrogen-bond acceptors (Lipinski definition) is 3. The second-order valence-electron chi connectivity index (χ2n) is 6.01. The Labute approximate surface area is 116 Å². The maximum absolute atomic E-state index is 11.5. The van der Waals surface area contributed by atoms with Crippen molar-refractivity contribution in [2.45, 2.75) is 64.5 Å². The van der Waals surface area contributed by atoms with Gasteiger partial charge in [-0.1, -0.05) is 13.8 Å². The molecule has 0 aromatic rings. The first-order valence-electron chi connectivity index (χ1n) is 7.09. The lowest BCUT2D eigenvalue weighted by Crippen LogP contribution is -2.54. The van der Waals surface area contributed by atoms with Crippen molar-refractivity contribution in [2.24, 2.45) is 11.7 Å². The molecule has 0 aliphatic heterocycles. The number of nitrogens with one attached hydrogen (secondary N) is 1. The third kappa shape index (κ3) is 6.10. The smallest absolute Gasteiger partial charge is 0.237 e. The molecule has 0 aromatic carbocycles. The van der Waals surface area contributed by atoms with E-state index in [1.807, 2.05) is 18.7 Å². The van der Waals surface area contributed by atoms with Gasteiger partial charge in [-0.2, -0.15) is 11.8 Å². The molecule has 1 aliphatic rings. The zero-order valence-corrected chi connectivity index (χ0v) is 12.8. The first-order chi connectivity index (χ1) is 8.44. The summed E-state index contributed by atoms with van der Waals surface area (Å²) < 4.78 is 0. The fourth-order valence-corrected chi connectivity index (χ4v) is 3.08. The van der Waals surface area contributed by atoms with Crippen LogP contribution in [0.1, 0.15) is 52.9 Å². The predicted octanol–water partition coefficient (Wildman–Crippen LogP) is 2.54. The Morgan fingerprint density at radius 2 is 2.11 bits per heavy atom. The summed E-state index contributed by atoms with van der Waals surface area (Å²) in [5, 5.41) is 3.39. The molecule has 0 saturated heterocycles. The molecule has 1 rings (SSSR count). The van der Waals surface area contributed by atoms with Crippen LogP contribution >= 0.6 is 11.8 Å². The number of primary amides is 1. The molecular formula is C14H28N2OS. The standard InChI is InChI=1S/C14H28N2OS/c1-11(2)7-10-18-9-4-8-14(3,13(15)17)16-12-5-6-12/h11-12,16H,4-10H2,1-3H3,(H2,15,17). The Hall–Kier alpha value is -0.220. The molecule has 106 valence electrons. The van der Waals surface area contributed by atoms with Gasteiger partial charge in [-0.05, 0) is 56.5 Å². The van der Waals surface area contributed by atoms with Crippen molar-refractivity contribution in [3.63, 3.8) is 0 Å². The molecule has 0 radical (unpaired) electrons. The van der Waals surface area contributed by atoms with E-state index in [4.69, 9.17) is 5.73 Å². The third-order valence-electron chi connectivity index (χ3n) is 3.45. The van der Waals surface area contributed by atoms with Crippen LogP contribution in [0.2, 0.25) is 0 Å². The van der Waals surface area contributed by atoms with Gasteiger partial charge in [-0.25, -0.2) is 0 Å². The van der Waals surface area contributed by atoms with Gasteiger partial charge in [-0.15, -0.1) is 0 Å². The number of rotatable bonds is 10. The van der Waals surface area contributed by atoms with E-state index in [1.54, 1.807) is 0 Å². The molecule has 0 spiro atoms. The molecule has 1 amide bonds. The normalized spacial score (nSPS) is 18.9. The van der Waals surface area contributed by atoms with Gasteiger partial charge in [0.05, 0.1) is 5.54 Å². The van der Waals surface area contributed by atoms with Crippen molar-refractivity contribution < 1.29 is 4.79 Å². The zero-order valence-electron chi connectivity index (χ0n) is 12.0. The highest BCUT2D eigenvalue weighted by molar-refractivity contribution is 7.99. The van der Waals surface area contributed by atoms with Crippen molar-refractivity contribution in [3.05, 3.63) is 0 Å². The van der Waals surface area contributed by atoms with E-state index in [2.05, 4.69) is 19.2 Å². The predicted molar refractivity (Wildman–Crippen MR) is 79.8 cm³/mol. The second kappa shape index (κ2) is 7.39. The highest BCUT2D eigenvalue weighted by Gasteiger charge is 2.36. The van der Waals surface area contributed by atoms with Crippen LogP contribution in [0.5, 0.6) is 0 Å². The summed E-state index contributed by atoms with van der Waals surface area (Å²) in [6.45, 7) is 6.46. The molecular weight excluding hydrogens is 244 g/mol. The zero-order chi connectivity index (χ0) is 13.6. The van der Waals surface area contributed by atoms with Gasteiger partial charge in [-0.3, -0.25) is 4.79 Å². The van der Waals surface area contributed by atoms with E-state index in [0.717, 1.165) is 24.5 Å². The van der Waals surface area contributed by atoms with E-state index in [0.29, 0.717) is 6.04 Å². The van der Waals surface area contributed by atoms with Gasteiger partial charge in [0.2, 0.25) is 5.91 Å². The molecule has 1 fully saturated rings. The quantitative estimate of drug-likeness (QED) is 0.601. The highest BCUT2D eigenvalue weighted by Crippen LogP contribution is 2.25. The van der Waals surface area contributed by atoms with Crippen LogP contribution in [0.3, 0.4) is 0 Å². The summed E-state index contributed by atoms with van der Waals surface area (Å²) in [6, 6.07) is 0.524. The van der Waals surface area contributed by atoms with Gasteiger partial charge >= 0.3 is 0 Å². The molecule has 0 bridgehead atoms. The van der Waals surface area contributed by atoms with Gasteiger partial charge in [0.15, 0.2) is 0 Å². The Morgan fingerprint density at radius 3 is 2.61 bits per heavy atom. The number of amides is 1. The molecule has 18 heavy (non-hydrogen) atoms. The number of carbonyl (C=O) groups excluding carboxylic acids is 1. The summed E-state index contributed by atoms with van der Waals surface area (Å²) in [7, 11) is 0. The summed E-state index contributed by atoms with van der Waals surface area (Å²) >= 11 is 1.99. The summed E-state index contributed by atoms with van der Waals surface area (Å²) in [5.41, 5.74) is 5.02. The topological polar surface area (TPSA) is 55.1 Å². The van der Waals surface area contributed by atoms with E-state index >= 15 is 0 Å². The van der Waals surface area contributed by atoms with Crippen molar-refractivity contribution in [1.82, 2.24) is 5.32 Å². The largest absolute Gasteiger partial charge is 0.368 e. The van der Waals surface area contributed by atoms with Crippen molar-refractivity contribution in [2.75, 3.05) is 11.5 Å². The summed E-state index contributed by atoms with van der Waals surface area (Å²) in [6.07, 6.45) is 5.56. The first-order valence-corrected chi connectivity index (χ1v) is 8.25. The summed E-state index contributed by atoms with van der Waals surface area (Å²) in [5.74, 6) is 2.93. The SMILES string of the molecule is CC(C)CCSCCCC(C)(NC1CC1)C(N)=O. The average Bonchev–Trinajstić information content (AvgIpc) is 3.06. The number of carbonyl (C=O) groups is 1. The Kier molecular flexibility index (Phi) is 6.50. The van der Waals surface area contributed by atoms with Gasteiger partial charge in [0, 0.05) is 6.04 Å². The van der Waals surface area contributed by atoms with Gasteiger partial charge in [0.1, 0.15) is 0 Å². The number of hydrogen-bond donors (Lipinski definition) is 2. The molecule has 3 nitrogen and oxygen atoms in total. The van der Waals surface area contributed by atoms with Crippen LogP contribution in [0.25, 0.3) is 0 Å². The van der Waals surface area contributed by atoms with E-state index < -0.39 is 5.54 Å². The lowest BCUT2D eigenvalue weighted by Gasteiger charge is -2.27. The second-order valence-corrected chi connectivity index (χ2v) is 7.24. The third-order valence-corrected chi connectivity index (χ3v) is 4.55. The Morgan fingerprint density at radius 1 is 1.44 bits per heavy atom. The minimum atomic E-state index is -0.500. The molecule has 1 atom stereocenters. The molecule has 1 unspecified atom stereocenters. The van der Waals surface area contributed by atoms with Gasteiger partial charge < -0.3 is 11.1 Å². The Balaban J connectivity index is 2.15. The fourth-order valence-electron chi connectivity index (χ4n) is 1.89. The molecule has 1 aliphatic carbocycles. The minimum absolute atomic E-state index is 0.207. The minimum Gasteiger partial charge on any atom is -0.368 e. The lowest BCUT2D eigenvalue weighted by molar-refractivity contribution is -0.124. The maximum atomic E-state index is 11.5. The van der Waals surface area contributed by atoms with Crippen molar-refractivity contribution in [1.29, 1.82) is 0 Å². The average molecular weight is 272 g/mol. The van der Waals surface area contributed by atoms with E-state index in [9.17, 15) is 4.79 Å². The summed E-state index contributed by atoms with van der Waals surface area (Å²) in [4.78, 5) is 11.5. The van der Waals surface area contributed by atoms with Crippen LogP contribution in [0, 0.1) is 5.92 Å². The number of nitrogens with two attached hydrogens (primary N) is 1. The fraction of sp³-hybridized carbons (Fsp3) is 0.929. The molecule has 0 aromatic heterocycles. The monoisotopic (exact) mass is 272 g/mol. The van der Waals surface area contributed by atoms with Crippen LogP contribution in [0.15, 0.2) is 0 Å². The molecule has 3 N–H and O–H groups in total. The van der Waals surface area contributed by atoms with Crippen LogP contribution in [0.4, 0.5) is 0 Å². The van der Waals surface area contributed by atoms with E-state index in [1.165, 1.54) is 25.0 Å². The van der Waals surface area contributed by atoms with Crippen molar-refractivity contribution in [3.8, 4) is 0 Å². The number of thioether (sulfide) groups is 1. The molecule has 4 heteroatoms. The Bertz CT molecular complexity index is 267. The van der Waals surface area contributed by atoms with E-state index in [-0.39, 0.29) is 5.91 Å². The van der Waals surface area contributed by atoms with Crippen LogP contribution < -0.4 is 11.1 Å². The maximum Gasteiger partial charge on any atom is 0.237 e.